The van der Waals surface area contributed by atoms with Crippen molar-refractivity contribution in [2.75, 3.05) is 31.6 Å². The lowest BCUT2D eigenvalue weighted by Crippen LogP contribution is -2.51. The van der Waals surface area contributed by atoms with Crippen LogP contribution < -0.4 is 19.1 Å². The molecular weight excluding hydrogens is 566 g/mol. The topological polar surface area (TPSA) is 105 Å². The summed E-state index contributed by atoms with van der Waals surface area (Å²) in [6.45, 7) is 5.45. The monoisotopic (exact) mass is 601 g/mol. The average molecular weight is 602 g/mol. The van der Waals surface area contributed by atoms with Gasteiger partial charge in [0.2, 0.25) is 11.8 Å². The molecule has 0 bridgehead atoms. The van der Waals surface area contributed by atoms with Crippen LogP contribution in [0.25, 0.3) is 0 Å². The van der Waals surface area contributed by atoms with E-state index in [0.717, 1.165) is 4.31 Å². The third-order valence-corrected chi connectivity index (χ3v) is 8.38. The lowest BCUT2D eigenvalue weighted by atomic mass is 10.1. The average Bonchev–Trinajstić information content (AvgIpc) is 2.96. The molecule has 9 nitrogen and oxygen atoms in total. The van der Waals surface area contributed by atoms with E-state index in [9.17, 15) is 18.0 Å². The zero-order chi connectivity index (χ0) is 30.2. The van der Waals surface area contributed by atoms with Gasteiger partial charge in [0.25, 0.3) is 10.0 Å². The molecule has 0 heterocycles. The van der Waals surface area contributed by atoms with E-state index >= 15 is 0 Å². The van der Waals surface area contributed by atoms with Crippen molar-refractivity contribution < 1.29 is 27.5 Å². The lowest BCUT2D eigenvalue weighted by molar-refractivity contribution is -0.139. The van der Waals surface area contributed by atoms with E-state index in [0.29, 0.717) is 28.6 Å². The minimum Gasteiger partial charge on any atom is -0.493 e. The van der Waals surface area contributed by atoms with E-state index in [4.69, 9.17) is 21.1 Å². The minimum atomic E-state index is -4.21. The van der Waals surface area contributed by atoms with Crippen LogP contribution in [-0.2, 0) is 26.2 Å². The molecule has 0 saturated carbocycles. The Kier molecular flexibility index (Phi) is 11.0. The molecule has 3 aromatic rings. The Morgan fingerprint density at radius 3 is 2.20 bits per heavy atom. The standard InChI is InChI=1S/C30H36ClN3O6S/c1-21(2)18-32-30(36)22(3)33(19-23-10-9-11-24(31)16-23)29(35)20-34(41(37,38)26-12-7-6-8-13-26)25-14-15-27(39-4)28(17-25)40-5/h6-17,21-22H,18-20H2,1-5H3,(H,32,36). The number of sulfonamides is 1. The zero-order valence-electron chi connectivity index (χ0n) is 23.8. The molecule has 0 aliphatic heterocycles. The fraction of sp³-hybridized carbons (Fsp3) is 0.333. The van der Waals surface area contributed by atoms with Crippen molar-refractivity contribution in [1.82, 2.24) is 10.2 Å². The number of anilines is 1. The summed E-state index contributed by atoms with van der Waals surface area (Å²) < 4.78 is 39.5. The van der Waals surface area contributed by atoms with Crippen molar-refractivity contribution in [2.24, 2.45) is 5.92 Å². The molecule has 0 saturated heterocycles. The van der Waals surface area contributed by atoms with Crippen molar-refractivity contribution in [3.8, 4) is 11.5 Å². The Morgan fingerprint density at radius 2 is 1.59 bits per heavy atom. The fourth-order valence-corrected chi connectivity index (χ4v) is 5.74. The Hall–Kier alpha value is -3.76. The summed E-state index contributed by atoms with van der Waals surface area (Å²) in [5.41, 5.74) is 0.886. The number of halogens is 1. The normalized spacial score (nSPS) is 12.0. The van der Waals surface area contributed by atoms with E-state index in [-0.39, 0.29) is 29.0 Å². The molecule has 0 aliphatic carbocycles. The van der Waals surface area contributed by atoms with Gasteiger partial charge in [-0.2, -0.15) is 0 Å². The molecule has 1 atom stereocenters. The van der Waals surface area contributed by atoms with Crippen molar-refractivity contribution >= 4 is 39.1 Å². The summed E-state index contributed by atoms with van der Waals surface area (Å²) in [7, 11) is -1.30. The number of nitrogens with one attached hydrogen (secondary N) is 1. The number of nitrogens with zero attached hydrogens (tertiary/aromatic N) is 2. The van der Waals surface area contributed by atoms with E-state index in [1.807, 2.05) is 13.8 Å². The second-order valence-corrected chi connectivity index (χ2v) is 12.1. The molecule has 220 valence electrons. The van der Waals surface area contributed by atoms with Crippen LogP contribution in [0.5, 0.6) is 11.5 Å². The van der Waals surface area contributed by atoms with Crippen LogP contribution in [-0.4, -0.2) is 58.5 Å². The Bertz CT molecular complexity index is 1450. The first-order valence-corrected chi connectivity index (χ1v) is 14.9. The van der Waals surface area contributed by atoms with Crippen LogP contribution >= 0.6 is 11.6 Å². The predicted molar refractivity (Wildman–Crippen MR) is 160 cm³/mol. The van der Waals surface area contributed by atoms with Gasteiger partial charge in [-0.25, -0.2) is 8.42 Å². The number of carbonyl (C=O) groups is 2. The third-order valence-electron chi connectivity index (χ3n) is 6.36. The van der Waals surface area contributed by atoms with Gasteiger partial charge in [-0.05, 0) is 54.8 Å². The SMILES string of the molecule is COc1ccc(N(CC(=O)N(Cc2cccc(Cl)c2)C(C)C(=O)NCC(C)C)S(=O)(=O)c2ccccc2)cc1OC. The van der Waals surface area contributed by atoms with E-state index < -0.39 is 28.5 Å². The van der Waals surface area contributed by atoms with Gasteiger partial charge in [-0.1, -0.05) is 55.8 Å². The number of hydrogen-bond donors (Lipinski definition) is 1. The molecule has 0 fully saturated rings. The first-order valence-electron chi connectivity index (χ1n) is 13.1. The largest absolute Gasteiger partial charge is 0.493 e. The molecule has 0 aromatic heterocycles. The number of benzene rings is 3. The molecule has 1 unspecified atom stereocenters. The van der Waals surface area contributed by atoms with Crippen LogP contribution in [0.3, 0.4) is 0 Å². The first-order chi connectivity index (χ1) is 19.5. The molecule has 2 amide bonds. The first kappa shape index (κ1) is 31.8. The maximum Gasteiger partial charge on any atom is 0.264 e. The maximum absolute atomic E-state index is 14.0. The summed E-state index contributed by atoms with van der Waals surface area (Å²) in [6.07, 6.45) is 0. The van der Waals surface area contributed by atoms with Gasteiger partial charge in [0, 0.05) is 24.2 Å². The molecule has 0 radical (unpaired) electrons. The van der Waals surface area contributed by atoms with E-state index in [2.05, 4.69) is 5.32 Å². The lowest BCUT2D eigenvalue weighted by Gasteiger charge is -2.32. The highest BCUT2D eigenvalue weighted by Crippen LogP contribution is 2.34. The molecule has 3 aromatic carbocycles. The van der Waals surface area contributed by atoms with Gasteiger partial charge < -0.3 is 19.7 Å². The maximum atomic E-state index is 14.0. The van der Waals surface area contributed by atoms with Gasteiger partial charge in [-0.15, -0.1) is 0 Å². The molecule has 11 heteroatoms. The second-order valence-electron chi connectivity index (χ2n) is 9.83. The number of hydrogen-bond acceptors (Lipinski definition) is 6. The third kappa shape index (κ3) is 8.14. The van der Waals surface area contributed by atoms with Gasteiger partial charge in [0.15, 0.2) is 11.5 Å². The summed E-state index contributed by atoms with van der Waals surface area (Å²) in [4.78, 5) is 28.5. The Morgan fingerprint density at radius 1 is 0.902 bits per heavy atom. The Labute approximate surface area is 247 Å². The summed E-state index contributed by atoms with van der Waals surface area (Å²) in [6, 6.07) is 18.5. The van der Waals surface area contributed by atoms with Gasteiger partial charge in [0.05, 0.1) is 24.8 Å². The summed E-state index contributed by atoms with van der Waals surface area (Å²) >= 11 is 6.19. The molecule has 0 aliphatic rings. The zero-order valence-corrected chi connectivity index (χ0v) is 25.4. The van der Waals surface area contributed by atoms with Crippen molar-refractivity contribution in [2.45, 2.75) is 38.3 Å². The van der Waals surface area contributed by atoms with Gasteiger partial charge in [0.1, 0.15) is 12.6 Å². The molecule has 3 rings (SSSR count). The van der Waals surface area contributed by atoms with Crippen LogP contribution in [0.4, 0.5) is 5.69 Å². The van der Waals surface area contributed by atoms with Gasteiger partial charge in [-0.3, -0.25) is 13.9 Å². The summed E-state index contributed by atoms with van der Waals surface area (Å²) in [5.74, 6) is -0.0236. The van der Waals surface area contributed by atoms with Crippen LogP contribution in [0, 0.1) is 5.92 Å². The number of methoxy groups -OCH3 is 2. The number of ether oxygens (including phenoxy) is 2. The predicted octanol–water partition coefficient (Wildman–Crippen LogP) is 4.74. The molecule has 0 spiro atoms. The Balaban J connectivity index is 2.06. The van der Waals surface area contributed by atoms with E-state index in [1.165, 1.54) is 43.4 Å². The molecule has 41 heavy (non-hydrogen) atoms. The molecule has 1 N–H and O–H groups in total. The number of carbonyl (C=O) groups excluding carboxylic acids is 2. The quantitative estimate of drug-likeness (QED) is 0.303. The van der Waals surface area contributed by atoms with Gasteiger partial charge >= 0.3 is 0 Å². The molecular formula is C30H36ClN3O6S. The van der Waals surface area contributed by atoms with Crippen molar-refractivity contribution in [1.29, 1.82) is 0 Å². The highest BCUT2D eigenvalue weighted by Gasteiger charge is 2.33. The number of rotatable bonds is 13. The smallest absolute Gasteiger partial charge is 0.264 e. The van der Waals surface area contributed by atoms with Crippen LogP contribution in [0.15, 0.2) is 77.7 Å². The van der Waals surface area contributed by atoms with Crippen LogP contribution in [0.2, 0.25) is 5.02 Å². The van der Waals surface area contributed by atoms with Crippen LogP contribution in [0.1, 0.15) is 26.3 Å². The van der Waals surface area contributed by atoms with Crippen molar-refractivity contribution in [3.05, 3.63) is 83.4 Å². The highest BCUT2D eigenvalue weighted by atomic mass is 35.5. The fourth-order valence-electron chi connectivity index (χ4n) is 4.10. The second kappa shape index (κ2) is 14.2. The minimum absolute atomic E-state index is 0.00620. The van der Waals surface area contributed by atoms with E-state index in [1.54, 1.807) is 55.5 Å². The summed E-state index contributed by atoms with van der Waals surface area (Å²) in [5, 5.41) is 3.34. The number of amides is 2. The van der Waals surface area contributed by atoms with Crippen molar-refractivity contribution in [3.63, 3.8) is 0 Å². The highest BCUT2D eigenvalue weighted by molar-refractivity contribution is 7.92.